The third-order valence-corrected chi connectivity index (χ3v) is 19.3. The second-order valence-electron chi connectivity index (χ2n) is 26.9. The molecule has 0 aliphatic heterocycles. The highest BCUT2D eigenvalue weighted by Gasteiger charge is 2.30. The number of unbranched alkanes of at least 4 members (excludes halogenated alkanes) is 36. The maximum Gasteiger partial charge on any atom is 0.472 e. The number of ether oxygens (including phenoxy) is 4. The number of phosphoric ester groups is 2. The Balaban J connectivity index is 5.24. The van der Waals surface area contributed by atoms with Crippen molar-refractivity contribution in [3.63, 3.8) is 0 Å². The molecule has 91 heavy (non-hydrogen) atoms. The van der Waals surface area contributed by atoms with Crippen LogP contribution in [0.15, 0.2) is 0 Å². The molecule has 7 atom stereocenters. The predicted octanol–water partition coefficient (Wildman–Crippen LogP) is 20.6. The van der Waals surface area contributed by atoms with Crippen molar-refractivity contribution in [2.75, 3.05) is 39.6 Å². The van der Waals surface area contributed by atoms with Gasteiger partial charge in [0, 0.05) is 25.7 Å². The number of carbonyl (C=O) groups is 4. The molecule has 0 saturated heterocycles. The molecule has 0 rings (SSSR count). The molecule has 0 aromatic heterocycles. The van der Waals surface area contributed by atoms with Gasteiger partial charge in [0.05, 0.1) is 26.4 Å². The summed E-state index contributed by atoms with van der Waals surface area (Å²) in [6, 6.07) is 0. The molecular formula is C72H140O17P2. The minimum atomic E-state index is -4.95. The van der Waals surface area contributed by atoms with Crippen molar-refractivity contribution < 1.29 is 80.2 Å². The summed E-state index contributed by atoms with van der Waals surface area (Å²) in [4.78, 5) is 72.6. The smallest absolute Gasteiger partial charge is 0.462 e. The van der Waals surface area contributed by atoms with Crippen LogP contribution in [-0.4, -0.2) is 96.7 Å². The van der Waals surface area contributed by atoms with E-state index in [4.69, 9.17) is 37.0 Å². The summed E-state index contributed by atoms with van der Waals surface area (Å²) >= 11 is 0. The van der Waals surface area contributed by atoms with Crippen LogP contribution in [-0.2, 0) is 65.4 Å². The van der Waals surface area contributed by atoms with Gasteiger partial charge in [-0.2, -0.15) is 0 Å². The van der Waals surface area contributed by atoms with Crippen molar-refractivity contribution >= 4 is 39.5 Å². The van der Waals surface area contributed by atoms with Crippen molar-refractivity contribution in [3.8, 4) is 0 Å². The molecule has 0 radical (unpaired) electrons. The fraction of sp³-hybridized carbons (Fsp3) is 0.944. The van der Waals surface area contributed by atoms with Crippen LogP contribution in [0.3, 0.4) is 0 Å². The van der Waals surface area contributed by atoms with E-state index in [1.807, 2.05) is 0 Å². The third-order valence-electron chi connectivity index (χ3n) is 17.4. The molecule has 0 aliphatic carbocycles. The largest absolute Gasteiger partial charge is 0.472 e. The van der Waals surface area contributed by atoms with E-state index in [9.17, 15) is 43.2 Å². The normalized spacial score (nSPS) is 14.8. The lowest BCUT2D eigenvalue weighted by Crippen LogP contribution is -2.30. The van der Waals surface area contributed by atoms with Crippen molar-refractivity contribution in [3.05, 3.63) is 0 Å². The Bertz CT molecular complexity index is 1790. The second-order valence-corrected chi connectivity index (χ2v) is 29.8. The lowest BCUT2D eigenvalue weighted by Gasteiger charge is -2.21. The Kier molecular flexibility index (Phi) is 61.5. The predicted molar refractivity (Wildman–Crippen MR) is 368 cm³/mol. The zero-order valence-corrected chi connectivity index (χ0v) is 61.1. The van der Waals surface area contributed by atoms with Crippen LogP contribution in [0.1, 0.15) is 363 Å². The van der Waals surface area contributed by atoms with Gasteiger partial charge in [-0.15, -0.1) is 0 Å². The maximum atomic E-state index is 13.0. The number of esters is 4. The molecule has 3 N–H and O–H groups in total. The average molecular weight is 1340 g/mol. The molecule has 0 bridgehead atoms. The van der Waals surface area contributed by atoms with E-state index in [0.29, 0.717) is 25.7 Å². The summed E-state index contributed by atoms with van der Waals surface area (Å²) in [5.74, 6) is 0.248. The van der Waals surface area contributed by atoms with Crippen LogP contribution in [0.25, 0.3) is 0 Å². The minimum absolute atomic E-state index is 0.105. The first-order valence-corrected chi connectivity index (χ1v) is 40.4. The zero-order valence-electron chi connectivity index (χ0n) is 59.3. The number of hydrogen-bond acceptors (Lipinski definition) is 15. The van der Waals surface area contributed by atoms with Crippen molar-refractivity contribution in [1.82, 2.24) is 0 Å². The van der Waals surface area contributed by atoms with Crippen LogP contribution in [0.5, 0.6) is 0 Å². The molecule has 0 saturated carbocycles. The minimum Gasteiger partial charge on any atom is -0.462 e. The fourth-order valence-electron chi connectivity index (χ4n) is 10.8. The second kappa shape index (κ2) is 62.8. The lowest BCUT2D eigenvalue weighted by molar-refractivity contribution is -0.161. The van der Waals surface area contributed by atoms with E-state index in [0.717, 1.165) is 114 Å². The van der Waals surface area contributed by atoms with Gasteiger partial charge in [0.1, 0.15) is 19.3 Å². The highest BCUT2D eigenvalue weighted by molar-refractivity contribution is 7.47. The van der Waals surface area contributed by atoms with Crippen LogP contribution >= 0.6 is 15.6 Å². The number of aliphatic hydroxyl groups is 1. The SMILES string of the molecule is CCCCCCCCCCC(=O)OC[C@H](COP(=O)(O)OC[C@H](O)COP(=O)(O)OC[C@@H](COC(=O)CCCCCCCCCCCCC(C)CC)OC(=O)CCCCCCCCCCCCCCCCC(C)C)OC(=O)CCCCCCCCCCC(C)CC. The standard InChI is InChI=1S/C72H140O17P2/c1-8-11-12-13-14-32-39-46-53-69(74)82-59-67(89-72(77)56-49-42-35-28-27-31-38-45-52-65(7)10-3)61-86-90(78,79)84-57-66(73)58-85-91(80,81)87-62-68(60-83-70(75)54-47-40-33-25-22-21-24-30-37-44-51-64(6)9-2)88-71(76)55-48-41-34-26-20-18-16-15-17-19-23-29-36-43-50-63(4)5/h63-68,73H,8-62H2,1-7H3,(H,78,79)(H,80,81)/t64?,65?,66-,67+,68+/m0/s1. The number of phosphoric acid groups is 2. The van der Waals surface area contributed by atoms with Crippen LogP contribution < -0.4 is 0 Å². The van der Waals surface area contributed by atoms with Crippen molar-refractivity contribution in [1.29, 1.82) is 0 Å². The number of hydrogen-bond donors (Lipinski definition) is 3. The van der Waals surface area contributed by atoms with E-state index in [-0.39, 0.29) is 25.7 Å². The van der Waals surface area contributed by atoms with E-state index < -0.39 is 97.5 Å². The summed E-state index contributed by atoms with van der Waals surface area (Å²) in [5, 5.41) is 10.6. The molecule has 0 spiro atoms. The summed E-state index contributed by atoms with van der Waals surface area (Å²) in [7, 11) is -9.90. The molecular weight excluding hydrogens is 1200 g/mol. The molecule has 19 heteroatoms. The highest BCUT2D eigenvalue weighted by Crippen LogP contribution is 2.45. The first-order valence-electron chi connectivity index (χ1n) is 37.4. The van der Waals surface area contributed by atoms with Crippen molar-refractivity contribution in [2.45, 2.75) is 381 Å². The molecule has 0 aliphatic rings. The van der Waals surface area contributed by atoms with E-state index in [1.54, 1.807) is 0 Å². The Morgan fingerprint density at radius 2 is 0.560 bits per heavy atom. The van der Waals surface area contributed by atoms with Gasteiger partial charge in [0.15, 0.2) is 12.2 Å². The lowest BCUT2D eigenvalue weighted by atomic mass is 9.99. The topological polar surface area (TPSA) is 237 Å². The van der Waals surface area contributed by atoms with Crippen LogP contribution in [0, 0.1) is 17.8 Å². The first-order chi connectivity index (χ1) is 43.8. The Hall–Kier alpha value is -1.94. The monoisotopic (exact) mass is 1340 g/mol. The van der Waals surface area contributed by atoms with Crippen molar-refractivity contribution in [2.24, 2.45) is 17.8 Å². The van der Waals surface area contributed by atoms with E-state index >= 15 is 0 Å². The number of aliphatic hydroxyl groups excluding tert-OH is 1. The molecule has 4 unspecified atom stereocenters. The van der Waals surface area contributed by atoms with E-state index in [1.165, 1.54) is 167 Å². The Labute approximate surface area is 556 Å². The molecule has 17 nitrogen and oxygen atoms in total. The summed E-state index contributed by atoms with van der Waals surface area (Å²) in [5.41, 5.74) is 0. The van der Waals surface area contributed by atoms with Gasteiger partial charge < -0.3 is 33.8 Å². The molecule has 0 aromatic rings. The molecule has 0 amide bonds. The van der Waals surface area contributed by atoms with Gasteiger partial charge in [0.25, 0.3) is 0 Å². The average Bonchev–Trinajstić information content (AvgIpc) is 3.49. The van der Waals surface area contributed by atoms with Gasteiger partial charge in [0.2, 0.25) is 0 Å². The Morgan fingerprint density at radius 3 is 0.835 bits per heavy atom. The van der Waals surface area contributed by atoms with Gasteiger partial charge in [-0.05, 0) is 43.4 Å². The van der Waals surface area contributed by atoms with Gasteiger partial charge >= 0.3 is 39.5 Å². The maximum absolute atomic E-state index is 13.0. The van der Waals surface area contributed by atoms with Gasteiger partial charge in [-0.25, -0.2) is 9.13 Å². The molecule has 540 valence electrons. The molecule has 0 heterocycles. The Morgan fingerprint density at radius 1 is 0.319 bits per heavy atom. The summed E-state index contributed by atoms with van der Waals surface area (Å²) in [6.45, 7) is 11.9. The van der Waals surface area contributed by atoms with Crippen LogP contribution in [0.2, 0.25) is 0 Å². The highest BCUT2D eigenvalue weighted by atomic mass is 31.2. The summed E-state index contributed by atoms with van der Waals surface area (Å²) < 4.78 is 68.3. The number of carbonyl (C=O) groups excluding carboxylic acids is 4. The third kappa shape index (κ3) is 63.9. The van der Waals surface area contributed by atoms with Crippen LogP contribution in [0.4, 0.5) is 0 Å². The first kappa shape index (κ1) is 89.1. The quantitative estimate of drug-likeness (QED) is 0.0222. The molecule has 0 fully saturated rings. The number of rotatable bonds is 70. The summed E-state index contributed by atoms with van der Waals surface area (Å²) in [6.07, 6.45) is 47.1. The zero-order chi connectivity index (χ0) is 67.3. The molecule has 0 aromatic carbocycles. The fourth-order valence-corrected chi connectivity index (χ4v) is 12.4. The van der Waals surface area contributed by atoms with Gasteiger partial charge in [-0.3, -0.25) is 37.3 Å². The van der Waals surface area contributed by atoms with E-state index in [2.05, 4.69) is 48.5 Å². The van der Waals surface area contributed by atoms with Gasteiger partial charge in [-0.1, -0.05) is 312 Å².